The average Bonchev–Trinajstić information content (AvgIpc) is 2.36. The topological polar surface area (TPSA) is 27.7 Å². The van der Waals surface area contributed by atoms with E-state index in [1.807, 2.05) is 0 Å². The molecule has 0 aliphatic heterocycles. The number of benzene rings is 1. The Bertz CT molecular complexity index is 378. The van der Waals surface area contributed by atoms with Crippen LogP contribution in [0.25, 0.3) is 0 Å². The van der Waals surface area contributed by atoms with E-state index < -0.39 is 17.4 Å². The van der Waals surface area contributed by atoms with Crippen molar-refractivity contribution in [2.75, 3.05) is 27.9 Å². The molecule has 5 heteroatoms. The predicted molar refractivity (Wildman–Crippen MR) is 63.2 cm³/mol. The van der Waals surface area contributed by atoms with Crippen LogP contribution in [0.15, 0.2) is 18.2 Å². The van der Waals surface area contributed by atoms with Crippen LogP contribution in [-0.4, -0.2) is 27.9 Å². The molecule has 18 heavy (non-hydrogen) atoms. The first kappa shape index (κ1) is 15.0. The van der Waals surface area contributed by atoms with Gasteiger partial charge in [-0.1, -0.05) is 0 Å². The van der Waals surface area contributed by atoms with E-state index in [1.54, 1.807) is 7.11 Å². The molecule has 0 aliphatic carbocycles. The minimum atomic E-state index is -1.21. The zero-order valence-electron chi connectivity index (χ0n) is 10.8. The molecular formula is C13H18F2O3. The SMILES string of the molecule is COCCCC(OC)(OC)c1ccc(F)cc1F. The molecule has 0 unspecified atom stereocenters. The Balaban J connectivity index is 3.01. The molecule has 0 spiro atoms. The van der Waals surface area contributed by atoms with Gasteiger partial charge in [0.25, 0.3) is 0 Å². The van der Waals surface area contributed by atoms with Crippen molar-refractivity contribution in [3.63, 3.8) is 0 Å². The van der Waals surface area contributed by atoms with Crippen molar-refractivity contribution in [3.05, 3.63) is 35.4 Å². The van der Waals surface area contributed by atoms with Gasteiger partial charge in [0.15, 0.2) is 5.79 Å². The van der Waals surface area contributed by atoms with Crippen LogP contribution >= 0.6 is 0 Å². The minimum absolute atomic E-state index is 0.185. The Morgan fingerprint density at radius 1 is 1.11 bits per heavy atom. The molecule has 0 radical (unpaired) electrons. The highest BCUT2D eigenvalue weighted by Gasteiger charge is 2.34. The van der Waals surface area contributed by atoms with Crippen molar-refractivity contribution in [1.82, 2.24) is 0 Å². The Kier molecular flexibility index (Phi) is 5.65. The molecule has 0 aliphatic rings. The third kappa shape index (κ3) is 3.25. The fraction of sp³-hybridized carbons (Fsp3) is 0.538. The highest BCUT2D eigenvalue weighted by molar-refractivity contribution is 5.23. The Morgan fingerprint density at radius 2 is 1.78 bits per heavy atom. The van der Waals surface area contributed by atoms with Gasteiger partial charge in [0.1, 0.15) is 11.6 Å². The van der Waals surface area contributed by atoms with Crippen LogP contribution in [0.2, 0.25) is 0 Å². The zero-order valence-corrected chi connectivity index (χ0v) is 10.8. The summed E-state index contributed by atoms with van der Waals surface area (Å²) < 4.78 is 42.3. The van der Waals surface area contributed by atoms with Crippen LogP contribution in [0.5, 0.6) is 0 Å². The smallest absolute Gasteiger partial charge is 0.197 e. The summed E-state index contributed by atoms with van der Waals surface area (Å²) in [7, 11) is 4.44. The molecule has 0 saturated carbocycles. The largest absolute Gasteiger partial charge is 0.385 e. The van der Waals surface area contributed by atoms with Crippen molar-refractivity contribution in [2.45, 2.75) is 18.6 Å². The third-order valence-corrected chi connectivity index (χ3v) is 2.86. The van der Waals surface area contributed by atoms with E-state index >= 15 is 0 Å². The van der Waals surface area contributed by atoms with Crippen LogP contribution in [0.1, 0.15) is 18.4 Å². The van der Waals surface area contributed by atoms with Crippen molar-refractivity contribution < 1.29 is 23.0 Å². The second kappa shape index (κ2) is 6.78. The van der Waals surface area contributed by atoms with Gasteiger partial charge >= 0.3 is 0 Å². The van der Waals surface area contributed by atoms with Gasteiger partial charge in [-0.2, -0.15) is 0 Å². The average molecular weight is 260 g/mol. The van der Waals surface area contributed by atoms with Crippen LogP contribution in [0, 0.1) is 11.6 Å². The normalized spacial score (nSPS) is 11.8. The lowest BCUT2D eigenvalue weighted by molar-refractivity contribution is -0.223. The summed E-state index contributed by atoms with van der Waals surface area (Å²) in [6.07, 6.45) is 1.05. The van der Waals surface area contributed by atoms with E-state index in [0.29, 0.717) is 19.4 Å². The van der Waals surface area contributed by atoms with Crippen LogP contribution in [0.4, 0.5) is 8.78 Å². The van der Waals surface area contributed by atoms with E-state index in [1.165, 1.54) is 26.4 Å². The lowest BCUT2D eigenvalue weighted by atomic mass is 9.99. The van der Waals surface area contributed by atoms with Crippen LogP contribution in [-0.2, 0) is 20.0 Å². The van der Waals surface area contributed by atoms with Crippen molar-refractivity contribution in [3.8, 4) is 0 Å². The van der Waals surface area contributed by atoms with E-state index in [9.17, 15) is 8.78 Å². The highest BCUT2D eigenvalue weighted by atomic mass is 19.1. The third-order valence-electron chi connectivity index (χ3n) is 2.86. The van der Waals surface area contributed by atoms with Gasteiger partial charge in [-0.15, -0.1) is 0 Å². The predicted octanol–water partition coefficient (Wildman–Crippen LogP) is 2.84. The summed E-state index contributed by atoms with van der Waals surface area (Å²) in [5.74, 6) is -2.53. The van der Waals surface area contributed by atoms with Crippen molar-refractivity contribution in [1.29, 1.82) is 0 Å². The zero-order chi connectivity index (χ0) is 13.6. The van der Waals surface area contributed by atoms with E-state index in [2.05, 4.69) is 0 Å². The number of methoxy groups -OCH3 is 3. The summed E-state index contributed by atoms with van der Waals surface area (Å²) in [5.41, 5.74) is 0.185. The molecule has 0 bridgehead atoms. The first-order chi connectivity index (χ1) is 8.59. The lowest BCUT2D eigenvalue weighted by Crippen LogP contribution is -2.32. The Hall–Kier alpha value is -1.04. The van der Waals surface area contributed by atoms with Gasteiger partial charge in [-0.3, -0.25) is 0 Å². The number of hydrogen-bond donors (Lipinski definition) is 0. The highest BCUT2D eigenvalue weighted by Crippen LogP contribution is 2.33. The molecular weight excluding hydrogens is 242 g/mol. The quantitative estimate of drug-likeness (QED) is 0.557. The monoisotopic (exact) mass is 260 g/mol. The first-order valence-electron chi connectivity index (χ1n) is 5.64. The van der Waals surface area contributed by atoms with Crippen LogP contribution < -0.4 is 0 Å². The summed E-state index contributed by atoms with van der Waals surface area (Å²) in [5, 5.41) is 0. The second-order valence-electron chi connectivity index (χ2n) is 3.88. The van der Waals surface area contributed by atoms with Crippen LogP contribution in [0.3, 0.4) is 0 Å². The molecule has 3 nitrogen and oxygen atoms in total. The first-order valence-corrected chi connectivity index (χ1v) is 5.64. The minimum Gasteiger partial charge on any atom is -0.385 e. The fourth-order valence-electron chi connectivity index (χ4n) is 1.89. The fourth-order valence-corrected chi connectivity index (χ4v) is 1.89. The molecule has 0 atom stereocenters. The van der Waals surface area contributed by atoms with Gasteiger partial charge < -0.3 is 14.2 Å². The molecule has 102 valence electrons. The summed E-state index contributed by atoms with van der Waals surface area (Å²) in [6, 6.07) is 3.34. The van der Waals surface area contributed by atoms with Gasteiger partial charge in [0.05, 0.1) is 0 Å². The summed E-state index contributed by atoms with van der Waals surface area (Å²) in [6.45, 7) is 0.511. The van der Waals surface area contributed by atoms with Gasteiger partial charge in [0, 0.05) is 46.0 Å². The standard InChI is InChI=1S/C13H18F2O3/c1-16-8-4-7-13(17-2,18-3)11-6-5-10(14)9-12(11)15/h5-6,9H,4,7-8H2,1-3H3. The maximum atomic E-state index is 13.8. The molecule has 0 amide bonds. The molecule has 1 aromatic rings. The maximum absolute atomic E-state index is 13.8. The van der Waals surface area contributed by atoms with E-state index in [4.69, 9.17) is 14.2 Å². The molecule has 0 N–H and O–H groups in total. The van der Waals surface area contributed by atoms with Crippen molar-refractivity contribution >= 4 is 0 Å². The molecule has 0 heterocycles. The maximum Gasteiger partial charge on any atom is 0.197 e. The number of halogens is 2. The summed E-state index contributed by atoms with van der Waals surface area (Å²) >= 11 is 0. The van der Waals surface area contributed by atoms with Gasteiger partial charge in [-0.25, -0.2) is 8.78 Å². The molecule has 1 aromatic carbocycles. The number of hydrogen-bond acceptors (Lipinski definition) is 3. The van der Waals surface area contributed by atoms with E-state index in [0.717, 1.165) is 6.07 Å². The molecule has 0 saturated heterocycles. The molecule has 0 fully saturated rings. The summed E-state index contributed by atoms with van der Waals surface area (Å²) in [4.78, 5) is 0. The second-order valence-corrected chi connectivity index (χ2v) is 3.88. The van der Waals surface area contributed by atoms with E-state index in [-0.39, 0.29) is 5.56 Å². The molecule has 1 rings (SSSR count). The molecule has 0 aromatic heterocycles. The Labute approximate surface area is 106 Å². The number of rotatable bonds is 7. The number of ether oxygens (including phenoxy) is 3. The van der Waals surface area contributed by atoms with Gasteiger partial charge in [0.2, 0.25) is 0 Å². The van der Waals surface area contributed by atoms with Crippen molar-refractivity contribution in [2.24, 2.45) is 0 Å². The lowest BCUT2D eigenvalue weighted by Gasteiger charge is -2.31. The Morgan fingerprint density at radius 3 is 2.28 bits per heavy atom. The van der Waals surface area contributed by atoms with Gasteiger partial charge in [-0.05, 0) is 18.6 Å².